The molecule has 0 saturated heterocycles. The molecule has 50 heavy (non-hydrogen) atoms. The Morgan fingerprint density at radius 3 is 0.780 bits per heavy atom. The summed E-state index contributed by atoms with van der Waals surface area (Å²) < 4.78 is 0. The summed E-state index contributed by atoms with van der Waals surface area (Å²) in [7, 11) is 0. The first-order chi connectivity index (χ1) is 22.9. The number of carboxylic acid groups (broad SMARTS) is 2. The normalized spacial score (nSPS) is 15.1. The van der Waals surface area contributed by atoms with Gasteiger partial charge in [0.15, 0.2) is 0 Å². The molecule has 0 aliphatic carbocycles. The van der Waals surface area contributed by atoms with Crippen molar-refractivity contribution in [2.45, 2.75) is 158 Å². The zero-order chi connectivity index (χ0) is 39.5. The Labute approximate surface area is 300 Å². The lowest BCUT2D eigenvalue weighted by molar-refractivity contribution is -0.143. The monoisotopic (exact) mass is 715 g/mol. The minimum absolute atomic E-state index is 0.124. The van der Waals surface area contributed by atoms with Crippen LogP contribution >= 0.6 is 0 Å². The van der Waals surface area contributed by atoms with Crippen LogP contribution in [0.5, 0.6) is 0 Å². The van der Waals surface area contributed by atoms with Gasteiger partial charge in [-0.1, -0.05) is 83.1 Å². The van der Waals surface area contributed by atoms with Crippen molar-refractivity contribution >= 4 is 35.6 Å². The van der Waals surface area contributed by atoms with Crippen LogP contribution in [0.1, 0.15) is 122 Å². The Morgan fingerprint density at radius 2 is 0.580 bits per heavy atom. The third kappa shape index (κ3) is 23.2. The molecule has 6 atom stereocenters. The van der Waals surface area contributed by atoms with E-state index in [0.717, 1.165) is 0 Å². The molecule has 0 aliphatic heterocycles. The van der Waals surface area contributed by atoms with Crippen molar-refractivity contribution < 1.29 is 39.0 Å². The van der Waals surface area contributed by atoms with E-state index in [2.05, 4.69) is 21.3 Å². The van der Waals surface area contributed by atoms with Gasteiger partial charge in [0.2, 0.25) is 23.6 Å². The molecular formula is C36H70N6O8. The molecule has 4 amide bonds. The highest BCUT2D eigenvalue weighted by molar-refractivity contribution is 5.92. The summed E-state index contributed by atoms with van der Waals surface area (Å²) >= 11 is 0. The van der Waals surface area contributed by atoms with E-state index in [1.165, 1.54) is 0 Å². The summed E-state index contributed by atoms with van der Waals surface area (Å²) in [6, 6.07) is -4.90. The summed E-state index contributed by atoms with van der Waals surface area (Å²) in [5.41, 5.74) is 11.7. The molecule has 0 heterocycles. The van der Waals surface area contributed by atoms with E-state index in [-0.39, 0.29) is 47.3 Å². The fourth-order valence-corrected chi connectivity index (χ4v) is 5.12. The van der Waals surface area contributed by atoms with Gasteiger partial charge in [0, 0.05) is 0 Å². The number of carbonyl (C=O) groups is 6. The summed E-state index contributed by atoms with van der Waals surface area (Å²) in [5, 5.41) is 29.0. The molecule has 0 spiro atoms. The SMILES string of the molecule is CC(C)C[C@@H](N)C(=O)N[C@@H](CC(C)C)C(=O)N[C@H](CC(C)C)C(=O)O.CC(C)C[C@H](NC(=O)[C@@H](CC(C)C)NC(=O)[C@@H](N)CC(C)C)C(=O)O. The molecule has 0 saturated carbocycles. The first kappa shape index (κ1) is 48.9. The van der Waals surface area contributed by atoms with Gasteiger partial charge in [-0.15, -0.1) is 0 Å². The van der Waals surface area contributed by atoms with Gasteiger partial charge in [-0.2, -0.15) is 0 Å². The second-order valence-electron chi connectivity index (χ2n) is 15.9. The molecule has 0 rings (SSSR count). The van der Waals surface area contributed by atoms with Gasteiger partial charge in [0.1, 0.15) is 24.2 Å². The molecule has 0 bridgehead atoms. The third-order valence-electron chi connectivity index (χ3n) is 7.45. The number of amides is 4. The minimum atomic E-state index is -1.08. The fourth-order valence-electron chi connectivity index (χ4n) is 5.12. The number of rotatable bonds is 22. The van der Waals surface area contributed by atoms with Crippen LogP contribution in [0, 0.1) is 35.5 Å². The number of hydrogen-bond acceptors (Lipinski definition) is 8. The van der Waals surface area contributed by atoms with Crippen molar-refractivity contribution in [2.75, 3.05) is 0 Å². The zero-order valence-corrected chi connectivity index (χ0v) is 32.7. The number of carbonyl (C=O) groups excluding carboxylic acids is 4. The molecule has 14 heteroatoms. The second-order valence-corrected chi connectivity index (χ2v) is 15.9. The van der Waals surface area contributed by atoms with Crippen LogP contribution in [-0.4, -0.2) is 82.0 Å². The average molecular weight is 715 g/mol. The Bertz CT molecular complexity index is 981. The predicted molar refractivity (Wildman–Crippen MR) is 196 cm³/mol. The number of aliphatic carboxylic acids is 2. The zero-order valence-electron chi connectivity index (χ0n) is 32.7. The highest BCUT2D eigenvalue weighted by Gasteiger charge is 2.30. The van der Waals surface area contributed by atoms with Gasteiger partial charge < -0.3 is 42.9 Å². The lowest BCUT2D eigenvalue weighted by Crippen LogP contribution is -2.55. The van der Waals surface area contributed by atoms with Crippen LogP contribution in [0.2, 0.25) is 0 Å². The molecule has 0 radical (unpaired) electrons. The van der Waals surface area contributed by atoms with Gasteiger partial charge in [-0.3, -0.25) is 19.2 Å². The minimum Gasteiger partial charge on any atom is -0.480 e. The molecule has 10 N–H and O–H groups in total. The largest absolute Gasteiger partial charge is 0.480 e. The summed E-state index contributed by atoms with van der Waals surface area (Å²) in [6.07, 6.45) is 2.53. The number of carboxylic acids is 2. The van der Waals surface area contributed by atoms with Crippen LogP contribution in [0.15, 0.2) is 0 Å². The van der Waals surface area contributed by atoms with Crippen molar-refractivity contribution in [3.05, 3.63) is 0 Å². The van der Waals surface area contributed by atoms with Crippen LogP contribution in [0.3, 0.4) is 0 Å². The number of nitrogens with two attached hydrogens (primary N) is 2. The topological polar surface area (TPSA) is 243 Å². The highest BCUT2D eigenvalue weighted by Crippen LogP contribution is 2.12. The molecule has 292 valence electrons. The van der Waals surface area contributed by atoms with Crippen molar-refractivity contribution in [3.8, 4) is 0 Å². The van der Waals surface area contributed by atoms with E-state index in [1.807, 2.05) is 83.1 Å². The van der Waals surface area contributed by atoms with Crippen molar-refractivity contribution in [2.24, 2.45) is 47.0 Å². The van der Waals surface area contributed by atoms with Gasteiger partial charge in [0.05, 0.1) is 12.1 Å². The van der Waals surface area contributed by atoms with Crippen molar-refractivity contribution in [1.29, 1.82) is 0 Å². The summed E-state index contributed by atoms with van der Waals surface area (Å²) in [4.78, 5) is 72.2. The number of nitrogens with one attached hydrogen (secondary N) is 4. The quantitative estimate of drug-likeness (QED) is 0.0815. The van der Waals surface area contributed by atoms with Crippen LogP contribution in [0.4, 0.5) is 0 Å². The molecule has 0 aromatic heterocycles. The molecule has 0 unspecified atom stereocenters. The van der Waals surface area contributed by atoms with Crippen molar-refractivity contribution in [3.63, 3.8) is 0 Å². The fraction of sp³-hybridized carbons (Fsp3) is 0.833. The van der Waals surface area contributed by atoms with Gasteiger partial charge in [0.25, 0.3) is 0 Å². The van der Waals surface area contributed by atoms with Crippen molar-refractivity contribution in [1.82, 2.24) is 21.3 Å². The lowest BCUT2D eigenvalue weighted by atomic mass is 9.99. The highest BCUT2D eigenvalue weighted by atomic mass is 16.4. The van der Waals surface area contributed by atoms with E-state index in [0.29, 0.717) is 38.5 Å². The van der Waals surface area contributed by atoms with Crippen LogP contribution in [0.25, 0.3) is 0 Å². The third-order valence-corrected chi connectivity index (χ3v) is 7.45. The molecule has 0 aromatic rings. The second kappa shape index (κ2) is 24.8. The molecule has 0 aromatic carbocycles. The molecule has 14 nitrogen and oxygen atoms in total. The van der Waals surface area contributed by atoms with Crippen LogP contribution < -0.4 is 32.7 Å². The van der Waals surface area contributed by atoms with Crippen LogP contribution in [-0.2, 0) is 28.8 Å². The smallest absolute Gasteiger partial charge is 0.326 e. The maximum absolute atomic E-state index is 12.5. The van der Waals surface area contributed by atoms with E-state index in [1.54, 1.807) is 0 Å². The maximum Gasteiger partial charge on any atom is 0.326 e. The Hall–Kier alpha value is -3.26. The lowest BCUT2D eigenvalue weighted by Gasteiger charge is -2.25. The summed E-state index contributed by atoms with van der Waals surface area (Å²) in [6.45, 7) is 23.2. The molecule has 0 fully saturated rings. The van der Waals surface area contributed by atoms with E-state index < -0.39 is 60.0 Å². The molecular weight excluding hydrogens is 644 g/mol. The Kier molecular flexibility index (Phi) is 24.2. The first-order valence-electron chi connectivity index (χ1n) is 18.1. The Balaban J connectivity index is 0. The Morgan fingerprint density at radius 1 is 0.380 bits per heavy atom. The molecule has 0 aliphatic rings. The number of hydrogen-bond donors (Lipinski definition) is 8. The van der Waals surface area contributed by atoms with E-state index in [4.69, 9.17) is 11.5 Å². The van der Waals surface area contributed by atoms with E-state index >= 15 is 0 Å². The van der Waals surface area contributed by atoms with Gasteiger partial charge in [-0.05, 0) is 74.0 Å². The average Bonchev–Trinajstić information content (AvgIpc) is 2.94. The first-order valence-corrected chi connectivity index (χ1v) is 18.1. The standard InChI is InChI=1S/2C18H35N3O4/c2*1-10(2)7-13(19)16(22)20-14(8-11(3)4)17(23)21-15(18(24)25)9-12(5)6/h2*10-15H,7-9,19H2,1-6H3,(H,20,22)(H,21,23)(H,24,25)/t2*13-,14+,15-/m10/s1. The predicted octanol–water partition coefficient (Wildman–Crippen LogP) is 3.01. The summed E-state index contributed by atoms with van der Waals surface area (Å²) in [5.74, 6) is -2.79. The van der Waals surface area contributed by atoms with Gasteiger partial charge in [-0.25, -0.2) is 9.59 Å². The van der Waals surface area contributed by atoms with Gasteiger partial charge >= 0.3 is 11.9 Å². The maximum atomic E-state index is 12.5. The van der Waals surface area contributed by atoms with E-state index in [9.17, 15) is 39.0 Å².